The van der Waals surface area contributed by atoms with Crippen molar-refractivity contribution in [2.45, 2.75) is 39.5 Å². The number of ether oxygens (including phenoxy) is 2. The van der Waals surface area contributed by atoms with E-state index in [4.69, 9.17) is 14.6 Å². The first-order valence-electron chi connectivity index (χ1n) is 7.09. The van der Waals surface area contributed by atoms with Gasteiger partial charge in [-0.05, 0) is 31.0 Å². The van der Waals surface area contributed by atoms with Crippen LogP contribution in [0.15, 0.2) is 18.2 Å². The fourth-order valence-electron chi connectivity index (χ4n) is 1.36. The summed E-state index contributed by atoms with van der Waals surface area (Å²) in [7, 11) is 1.43. The first-order chi connectivity index (χ1) is 9.69. The molecule has 20 heavy (non-hydrogen) atoms. The average molecular weight is 282 g/mol. The van der Waals surface area contributed by atoms with Crippen molar-refractivity contribution >= 4 is 6.29 Å². The van der Waals surface area contributed by atoms with Crippen LogP contribution in [0, 0.1) is 0 Å². The van der Waals surface area contributed by atoms with E-state index in [0.717, 1.165) is 13.2 Å². The Morgan fingerprint density at radius 1 is 1.15 bits per heavy atom. The molecule has 0 amide bonds. The van der Waals surface area contributed by atoms with Gasteiger partial charge in [-0.15, -0.1) is 0 Å². The molecule has 0 fully saturated rings. The van der Waals surface area contributed by atoms with E-state index in [1.54, 1.807) is 0 Å². The molecule has 0 bridgehead atoms. The maximum atomic E-state index is 10.2. The fourth-order valence-corrected chi connectivity index (χ4v) is 1.36. The zero-order valence-electron chi connectivity index (χ0n) is 12.7. The number of unbranched alkanes of at least 4 members (excludes halogenated alkanes) is 2. The molecule has 1 aromatic carbocycles. The first-order valence-corrected chi connectivity index (χ1v) is 7.09. The second kappa shape index (κ2) is 12.5. The lowest BCUT2D eigenvalue weighted by Gasteiger charge is -2.01. The van der Waals surface area contributed by atoms with Crippen LogP contribution in [-0.4, -0.2) is 31.7 Å². The molecule has 0 spiro atoms. The maximum Gasteiger partial charge on any atom is 0.161 e. The van der Waals surface area contributed by atoms with Crippen molar-refractivity contribution in [3.8, 4) is 11.5 Å². The van der Waals surface area contributed by atoms with Gasteiger partial charge in [0.1, 0.15) is 6.29 Å². The molecule has 114 valence electrons. The zero-order chi connectivity index (χ0) is 15.2. The molecule has 0 aliphatic heterocycles. The summed E-state index contributed by atoms with van der Waals surface area (Å²) < 4.78 is 10.1. The summed E-state index contributed by atoms with van der Waals surface area (Å²) in [6, 6.07) is 4.41. The van der Waals surface area contributed by atoms with E-state index >= 15 is 0 Å². The highest BCUT2D eigenvalue weighted by Crippen LogP contribution is 2.25. The number of methoxy groups -OCH3 is 1. The van der Waals surface area contributed by atoms with E-state index < -0.39 is 0 Å². The number of hydrogen-bond donors (Lipinski definition) is 1. The number of aldehydes is 1. The van der Waals surface area contributed by atoms with Crippen LogP contribution < -0.4 is 4.74 Å². The minimum atomic E-state index is 0.0399. The van der Waals surface area contributed by atoms with Gasteiger partial charge in [-0.3, -0.25) is 4.79 Å². The van der Waals surface area contributed by atoms with Gasteiger partial charge < -0.3 is 14.6 Å². The average Bonchev–Trinajstić information content (AvgIpc) is 2.48. The lowest BCUT2D eigenvalue weighted by atomic mass is 10.2. The Morgan fingerprint density at radius 2 is 1.75 bits per heavy atom. The van der Waals surface area contributed by atoms with Crippen molar-refractivity contribution in [3.63, 3.8) is 0 Å². The van der Waals surface area contributed by atoms with Gasteiger partial charge in [0.15, 0.2) is 11.5 Å². The molecule has 4 heteroatoms. The lowest BCUT2D eigenvalue weighted by molar-refractivity contribution is 0.112. The van der Waals surface area contributed by atoms with Crippen molar-refractivity contribution in [1.29, 1.82) is 0 Å². The van der Waals surface area contributed by atoms with E-state index in [0.29, 0.717) is 17.6 Å². The molecule has 0 saturated carbocycles. The summed E-state index contributed by atoms with van der Waals surface area (Å²) in [4.78, 5) is 10.2. The largest absolute Gasteiger partial charge is 0.504 e. The van der Waals surface area contributed by atoms with Gasteiger partial charge in [0.05, 0.1) is 7.11 Å². The molecule has 4 nitrogen and oxygen atoms in total. The second-order valence-electron chi connectivity index (χ2n) is 4.37. The van der Waals surface area contributed by atoms with E-state index in [2.05, 4.69) is 13.8 Å². The smallest absolute Gasteiger partial charge is 0.161 e. The molecular weight excluding hydrogens is 256 g/mol. The summed E-state index contributed by atoms with van der Waals surface area (Å²) in [5.74, 6) is 0.354. The highest BCUT2D eigenvalue weighted by atomic mass is 16.5. The number of benzene rings is 1. The minimum absolute atomic E-state index is 0.0399. The van der Waals surface area contributed by atoms with Crippen LogP contribution in [0.1, 0.15) is 49.9 Å². The standard InChI is InChI=1S/C8H8O3.C8H18O/c1-11-8-4-6(5-9)2-3-7(8)10;1-3-5-7-9-8-6-4-2/h2-5,10H,1H3;3-8H2,1-2H3. The monoisotopic (exact) mass is 282 g/mol. The Hall–Kier alpha value is -1.55. The molecule has 0 unspecified atom stereocenters. The molecule has 0 aliphatic rings. The Kier molecular flexibility index (Phi) is 11.5. The molecule has 1 rings (SSSR count). The van der Waals surface area contributed by atoms with Crippen molar-refractivity contribution in [3.05, 3.63) is 23.8 Å². The third kappa shape index (κ3) is 8.53. The second-order valence-corrected chi connectivity index (χ2v) is 4.37. The summed E-state index contributed by atoms with van der Waals surface area (Å²) in [6.07, 6.45) is 5.60. The summed E-state index contributed by atoms with van der Waals surface area (Å²) in [5.41, 5.74) is 0.486. The Labute approximate surface area is 121 Å². The van der Waals surface area contributed by atoms with Crippen LogP contribution in [0.5, 0.6) is 11.5 Å². The first kappa shape index (κ1) is 18.4. The van der Waals surface area contributed by atoms with Gasteiger partial charge in [0.25, 0.3) is 0 Å². The van der Waals surface area contributed by atoms with Gasteiger partial charge >= 0.3 is 0 Å². The van der Waals surface area contributed by atoms with Crippen LogP contribution >= 0.6 is 0 Å². The number of carbonyl (C=O) groups excluding carboxylic acids is 1. The van der Waals surface area contributed by atoms with Gasteiger partial charge in [-0.2, -0.15) is 0 Å². The number of rotatable bonds is 8. The molecule has 0 heterocycles. The van der Waals surface area contributed by atoms with E-state index in [1.807, 2.05) is 0 Å². The molecule has 0 radical (unpaired) electrons. The molecule has 0 atom stereocenters. The predicted octanol–water partition coefficient (Wildman–Crippen LogP) is 3.82. The van der Waals surface area contributed by atoms with E-state index in [-0.39, 0.29) is 5.75 Å². The Bertz CT molecular complexity index is 357. The zero-order valence-corrected chi connectivity index (χ0v) is 12.7. The summed E-state index contributed by atoms with van der Waals surface area (Å²) in [5, 5.41) is 9.09. The Balaban J connectivity index is 0.000000370. The topological polar surface area (TPSA) is 55.8 Å². The van der Waals surface area contributed by atoms with Gasteiger partial charge in [0.2, 0.25) is 0 Å². The fraction of sp³-hybridized carbons (Fsp3) is 0.562. The lowest BCUT2D eigenvalue weighted by Crippen LogP contribution is -1.95. The highest BCUT2D eigenvalue weighted by molar-refractivity contribution is 5.76. The van der Waals surface area contributed by atoms with Crippen LogP contribution in [0.4, 0.5) is 0 Å². The normalized spacial score (nSPS) is 9.55. The van der Waals surface area contributed by atoms with Crippen LogP contribution in [0.3, 0.4) is 0 Å². The van der Waals surface area contributed by atoms with Crippen LogP contribution in [0.2, 0.25) is 0 Å². The van der Waals surface area contributed by atoms with E-state index in [9.17, 15) is 4.79 Å². The number of carbonyl (C=O) groups is 1. The molecule has 0 aliphatic carbocycles. The number of phenols is 1. The van der Waals surface area contributed by atoms with Crippen molar-refractivity contribution in [2.75, 3.05) is 20.3 Å². The molecule has 1 N–H and O–H groups in total. The third-order valence-corrected chi connectivity index (χ3v) is 2.62. The molecule has 0 aromatic heterocycles. The van der Waals surface area contributed by atoms with Crippen molar-refractivity contribution < 1.29 is 19.4 Å². The SMILES string of the molecule is CCCCOCCCC.COc1cc(C=O)ccc1O. The Morgan fingerprint density at radius 3 is 2.20 bits per heavy atom. The number of phenolic OH excluding ortho intramolecular Hbond substituents is 1. The predicted molar refractivity (Wildman–Crippen MR) is 80.7 cm³/mol. The van der Waals surface area contributed by atoms with Gasteiger partial charge in [-0.25, -0.2) is 0 Å². The maximum absolute atomic E-state index is 10.2. The van der Waals surface area contributed by atoms with Crippen LogP contribution in [-0.2, 0) is 4.74 Å². The minimum Gasteiger partial charge on any atom is -0.504 e. The number of hydrogen-bond acceptors (Lipinski definition) is 4. The molecule has 1 aromatic rings. The van der Waals surface area contributed by atoms with Gasteiger partial charge in [-0.1, -0.05) is 26.7 Å². The third-order valence-electron chi connectivity index (χ3n) is 2.62. The molecule has 0 saturated heterocycles. The van der Waals surface area contributed by atoms with Crippen molar-refractivity contribution in [2.24, 2.45) is 0 Å². The van der Waals surface area contributed by atoms with Crippen LogP contribution in [0.25, 0.3) is 0 Å². The van der Waals surface area contributed by atoms with Gasteiger partial charge in [0, 0.05) is 18.8 Å². The summed E-state index contributed by atoms with van der Waals surface area (Å²) in [6.45, 7) is 6.28. The number of aromatic hydroxyl groups is 1. The highest BCUT2D eigenvalue weighted by Gasteiger charge is 2.00. The molecular formula is C16H26O4. The van der Waals surface area contributed by atoms with Crippen molar-refractivity contribution in [1.82, 2.24) is 0 Å². The quantitative estimate of drug-likeness (QED) is 0.582. The van der Waals surface area contributed by atoms with E-state index in [1.165, 1.54) is 51.0 Å². The summed E-state index contributed by atoms with van der Waals surface area (Å²) >= 11 is 0.